The molecule has 1 fully saturated rings. The number of hydrogen-bond donors (Lipinski definition) is 1. The molecule has 2 aromatic heterocycles. The minimum absolute atomic E-state index is 0.00283. The van der Waals surface area contributed by atoms with E-state index in [0.717, 1.165) is 0 Å². The highest BCUT2D eigenvalue weighted by atomic mass is 28.4. The van der Waals surface area contributed by atoms with Gasteiger partial charge in [0, 0.05) is 13.1 Å². The van der Waals surface area contributed by atoms with Gasteiger partial charge in [0.15, 0.2) is 29.0 Å². The Morgan fingerprint density at radius 3 is 2.24 bits per heavy atom. The van der Waals surface area contributed by atoms with Crippen molar-refractivity contribution >= 4 is 39.5 Å². The molecule has 4 atom stereocenters. The maximum atomic E-state index is 12.4. The van der Waals surface area contributed by atoms with Crippen molar-refractivity contribution in [3.05, 3.63) is 18.1 Å². The molecule has 2 N–H and O–H groups in total. The van der Waals surface area contributed by atoms with E-state index >= 15 is 0 Å². The first kappa shape index (κ1) is 30.2. The molecule has 1 aliphatic heterocycles. The molecule has 0 aromatic carbocycles. The van der Waals surface area contributed by atoms with Gasteiger partial charge in [-0.2, -0.15) is 5.26 Å². The number of fused-ring (bicyclic) bond motifs is 1. The maximum absolute atomic E-state index is 12.4. The number of nitrogen functional groups attached to an aromatic ring is 1. The third kappa shape index (κ3) is 5.82. The van der Waals surface area contributed by atoms with Crippen LogP contribution in [0.2, 0.25) is 36.3 Å². The summed E-state index contributed by atoms with van der Waals surface area (Å²) in [6, 6.07) is 2.16. The second kappa shape index (κ2) is 10.3. The van der Waals surface area contributed by atoms with E-state index in [0.29, 0.717) is 16.6 Å². The Hall–Kier alpha value is -2.31. The maximum Gasteiger partial charge on any atom is 0.303 e. The van der Waals surface area contributed by atoms with E-state index in [9.17, 15) is 10.1 Å². The Morgan fingerprint density at radius 2 is 1.71 bits per heavy atom. The molecule has 1 saturated heterocycles. The van der Waals surface area contributed by atoms with Crippen LogP contribution in [0.25, 0.3) is 11.0 Å². The normalized spacial score (nSPS) is 23.0. The van der Waals surface area contributed by atoms with Gasteiger partial charge in [-0.05, 0) is 36.3 Å². The summed E-state index contributed by atoms with van der Waals surface area (Å²) in [6.45, 7) is 23.4. The van der Waals surface area contributed by atoms with Gasteiger partial charge in [0.2, 0.25) is 0 Å². The molecule has 0 radical (unpaired) electrons. The van der Waals surface area contributed by atoms with Gasteiger partial charge in [0.25, 0.3) is 0 Å². The smallest absolute Gasteiger partial charge is 0.303 e. The van der Waals surface area contributed by atoms with Gasteiger partial charge in [-0.25, -0.2) is 9.97 Å². The lowest BCUT2D eigenvalue weighted by Crippen LogP contribution is -2.51. The Morgan fingerprint density at radius 1 is 1.11 bits per heavy atom. The van der Waals surface area contributed by atoms with Crippen LogP contribution in [0, 0.1) is 11.3 Å². The van der Waals surface area contributed by atoms with Gasteiger partial charge in [0.1, 0.15) is 36.1 Å². The number of hydrogen-bond acceptors (Lipinski definition) is 9. The standard InChI is InChI=1S/C26H43N5O5Si2/c1-16(32)34-21-20(36-38(10,11)26(5,6)7)18(14-33-37(8,9)25(2,3)4)35-24(21)31-13-17(12-27)19-22(28)29-15-30-23(19)31/h13,15,18,20-21,24H,14H2,1-11H3,(H2,28,29,30)/t18-,20-,21+,24-/m1/s1. The summed E-state index contributed by atoms with van der Waals surface area (Å²) in [5, 5.41) is 10.1. The van der Waals surface area contributed by atoms with Crippen molar-refractivity contribution < 1.29 is 23.1 Å². The average Bonchev–Trinajstić information content (AvgIpc) is 3.29. The lowest BCUT2D eigenvalue weighted by molar-refractivity contribution is -0.155. The zero-order valence-corrected chi connectivity index (χ0v) is 26.6. The van der Waals surface area contributed by atoms with Crippen LogP contribution in [-0.4, -0.2) is 62.1 Å². The molecule has 12 heteroatoms. The number of esters is 1. The molecule has 0 bridgehead atoms. The van der Waals surface area contributed by atoms with Crippen LogP contribution >= 0.6 is 0 Å². The summed E-state index contributed by atoms with van der Waals surface area (Å²) in [7, 11) is -4.46. The number of anilines is 1. The van der Waals surface area contributed by atoms with E-state index in [-0.39, 0.29) is 22.5 Å². The molecular formula is C26H43N5O5Si2. The van der Waals surface area contributed by atoms with E-state index in [2.05, 4.69) is 83.8 Å². The molecular weight excluding hydrogens is 518 g/mol. The topological polar surface area (TPSA) is 135 Å². The van der Waals surface area contributed by atoms with E-state index in [1.165, 1.54) is 13.3 Å². The van der Waals surface area contributed by atoms with Crippen molar-refractivity contribution in [2.75, 3.05) is 12.3 Å². The SMILES string of the molecule is CC(=O)O[C@H]1[C@H](O[Si](C)(C)C(C)(C)C)[C@@H](CO[Si](C)(C)C(C)(C)C)O[C@H]1n1cc(C#N)c2c(N)ncnc21. The van der Waals surface area contributed by atoms with Crippen molar-refractivity contribution in [1.29, 1.82) is 5.26 Å². The predicted molar refractivity (Wildman–Crippen MR) is 151 cm³/mol. The molecule has 0 amide bonds. The minimum Gasteiger partial charge on any atom is -0.455 e. The van der Waals surface area contributed by atoms with Crippen LogP contribution in [0.3, 0.4) is 0 Å². The van der Waals surface area contributed by atoms with Gasteiger partial charge in [0.05, 0.1) is 17.6 Å². The number of nitriles is 1. The number of carbonyl (C=O) groups excluding carboxylic acids is 1. The summed E-state index contributed by atoms with van der Waals surface area (Å²) in [6.07, 6.45) is 0.254. The quantitative estimate of drug-likeness (QED) is 0.361. The fourth-order valence-electron chi connectivity index (χ4n) is 3.94. The van der Waals surface area contributed by atoms with Crippen molar-refractivity contribution in [3.63, 3.8) is 0 Å². The Kier molecular flexibility index (Phi) is 8.23. The Bertz CT molecular complexity index is 1230. The average molecular weight is 562 g/mol. The first-order valence-corrected chi connectivity index (χ1v) is 18.8. The monoisotopic (exact) mass is 561 g/mol. The number of nitrogens with two attached hydrogens (primary N) is 1. The highest BCUT2D eigenvalue weighted by molar-refractivity contribution is 6.74. The van der Waals surface area contributed by atoms with Crippen LogP contribution in [0.15, 0.2) is 12.5 Å². The van der Waals surface area contributed by atoms with E-state index in [1.54, 1.807) is 10.8 Å². The number of aromatic nitrogens is 3. The molecule has 0 aliphatic carbocycles. The molecule has 0 unspecified atom stereocenters. The Labute approximate surface area is 228 Å². The largest absolute Gasteiger partial charge is 0.455 e. The summed E-state index contributed by atoms with van der Waals surface area (Å²) in [5.41, 5.74) is 6.84. The first-order valence-electron chi connectivity index (χ1n) is 13.0. The van der Waals surface area contributed by atoms with Crippen LogP contribution < -0.4 is 5.73 Å². The third-order valence-corrected chi connectivity index (χ3v) is 17.2. The summed E-state index contributed by atoms with van der Waals surface area (Å²) in [4.78, 5) is 20.8. The highest BCUT2D eigenvalue weighted by Gasteiger charge is 2.53. The molecule has 10 nitrogen and oxygen atoms in total. The van der Waals surface area contributed by atoms with Crippen molar-refractivity contribution in [2.45, 2.75) is 109 Å². The second-order valence-electron chi connectivity index (χ2n) is 13.1. The van der Waals surface area contributed by atoms with E-state index in [4.69, 9.17) is 24.1 Å². The van der Waals surface area contributed by atoms with Gasteiger partial charge in [-0.3, -0.25) is 4.79 Å². The minimum atomic E-state index is -2.33. The predicted octanol–water partition coefficient (Wildman–Crippen LogP) is 5.13. The lowest BCUT2D eigenvalue weighted by Gasteiger charge is -2.41. The molecule has 210 valence electrons. The molecule has 3 heterocycles. The van der Waals surface area contributed by atoms with E-state index < -0.39 is 47.1 Å². The van der Waals surface area contributed by atoms with Crippen LogP contribution in [-0.2, 0) is 23.1 Å². The lowest BCUT2D eigenvalue weighted by atomic mass is 10.1. The fraction of sp³-hybridized carbons (Fsp3) is 0.692. The second-order valence-corrected chi connectivity index (χ2v) is 22.6. The van der Waals surface area contributed by atoms with Gasteiger partial charge < -0.3 is 28.6 Å². The summed E-state index contributed by atoms with van der Waals surface area (Å²) >= 11 is 0. The fourth-order valence-corrected chi connectivity index (χ4v) is 6.27. The van der Waals surface area contributed by atoms with Crippen molar-refractivity contribution in [2.24, 2.45) is 0 Å². The van der Waals surface area contributed by atoms with Crippen LogP contribution in [0.1, 0.15) is 60.3 Å². The number of rotatable bonds is 7. The van der Waals surface area contributed by atoms with E-state index in [1.807, 2.05) is 0 Å². The van der Waals surface area contributed by atoms with Gasteiger partial charge >= 0.3 is 5.97 Å². The molecule has 0 spiro atoms. The molecule has 38 heavy (non-hydrogen) atoms. The highest BCUT2D eigenvalue weighted by Crippen LogP contribution is 2.44. The molecule has 2 aromatic rings. The zero-order valence-electron chi connectivity index (χ0n) is 24.6. The van der Waals surface area contributed by atoms with Gasteiger partial charge in [-0.15, -0.1) is 0 Å². The van der Waals surface area contributed by atoms with Crippen LogP contribution in [0.4, 0.5) is 5.82 Å². The molecule has 1 aliphatic rings. The Balaban J connectivity index is 2.13. The van der Waals surface area contributed by atoms with Crippen molar-refractivity contribution in [3.8, 4) is 6.07 Å². The number of nitrogens with zero attached hydrogens (tertiary/aromatic N) is 4. The number of ether oxygens (including phenoxy) is 2. The zero-order chi connectivity index (χ0) is 28.8. The van der Waals surface area contributed by atoms with Crippen LogP contribution in [0.5, 0.6) is 0 Å². The molecule has 0 saturated carbocycles. The summed E-state index contributed by atoms with van der Waals surface area (Å²) < 4.78 is 27.7. The van der Waals surface area contributed by atoms with Crippen molar-refractivity contribution in [1.82, 2.24) is 14.5 Å². The number of carbonyl (C=O) groups is 1. The third-order valence-electron chi connectivity index (χ3n) is 8.27. The summed E-state index contributed by atoms with van der Waals surface area (Å²) in [5.74, 6) is -0.260. The molecule has 3 rings (SSSR count). The van der Waals surface area contributed by atoms with Gasteiger partial charge in [-0.1, -0.05) is 41.5 Å². The first-order chi connectivity index (χ1) is 17.3.